The molecule has 0 saturated carbocycles. The minimum atomic E-state index is -0.235. The smallest absolute Gasteiger partial charge is 0.127 e. The molecule has 3 nitrogen and oxygen atoms in total. The maximum absolute atomic E-state index is 11.2. The van der Waals surface area contributed by atoms with E-state index in [9.17, 15) is 4.79 Å². The molecule has 0 aromatic carbocycles. The summed E-state index contributed by atoms with van der Waals surface area (Å²) in [5.74, 6) is 0.958. The van der Waals surface area contributed by atoms with Crippen LogP contribution >= 0.6 is 0 Å². The molecule has 0 bridgehead atoms. The summed E-state index contributed by atoms with van der Waals surface area (Å²) in [4.78, 5) is 13.4. The molecule has 1 rings (SSSR count). The third kappa shape index (κ3) is 4.00. The van der Waals surface area contributed by atoms with E-state index in [1.54, 1.807) is 6.26 Å². The van der Waals surface area contributed by atoms with Gasteiger partial charge in [-0.2, -0.15) is 0 Å². The predicted molar refractivity (Wildman–Crippen MR) is 68.9 cm³/mol. The first kappa shape index (κ1) is 14.0. The van der Waals surface area contributed by atoms with Crippen molar-refractivity contribution in [3.05, 3.63) is 23.7 Å². The zero-order chi connectivity index (χ0) is 12.9. The van der Waals surface area contributed by atoms with Gasteiger partial charge in [-0.15, -0.1) is 0 Å². The summed E-state index contributed by atoms with van der Waals surface area (Å²) >= 11 is 0. The monoisotopic (exact) mass is 237 g/mol. The molecule has 0 fully saturated rings. The quantitative estimate of drug-likeness (QED) is 0.683. The number of rotatable bonds is 7. The SMILES string of the molecule is CCCC(C)(C=O)CN(C)Cc1ccoc1C. The second-order valence-corrected chi connectivity index (χ2v) is 5.20. The van der Waals surface area contributed by atoms with Crippen molar-refractivity contribution in [2.24, 2.45) is 5.41 Å². The maximum Gasteiger partial charge on any atom is 0.127 e. The number of carbonyl (C=O) groups is 1. The van der Waals surface area contributed by atoms with Crippen LogP contribution in [0, 0.1) is 12.3 Å². The van der Waals surface area contributed by atoms with Gasteiger partial charge < -0.3 is 14.1 Å². The van der Waals surface area contributed by atoms with E-state index in [2.05, 4.69) is 11.8 Å². The largest absolute Gasteiger partial charge is 0.469 e. The van der Waals surface area contributed by atoms with Crippen molar-refractivity contribution in [2.45, 2.75) is 40.2 Å². The van der Waals surface area contributed by atoms with E-state index >= 15 is 0 Å². The Morgan fingerprint density at radius 3 is 2.71 bits per heavy atom. The molecule has 0 aliphatic carbocycles. The Kier molecular flexibility index (Phi) is 4.94. The highest BCUT2D eigenvalue weighted by molar-refractivity contribution is 5.58. The second-order valence-electron chi connectivity index (χ2n) is 5.20. The zero-order valence-corrected chi connectivity index (χ0v) is 11.3. The van der Waals surface area contributed by atoms with E-state index in [0.29, 0.717) is 0 Å². The fraction of sp³-hybridized carbons (Fsp3) is 0.643. The second kappa shape index (κ2) is 6.01. The van der Waals surface area contributed by atoms with Gasteiger partial charge in [0, 0.05) is 24.1 Å². The van der Waals surface area contributed by atoms with Crippen molar-refractivity contribution in [2.75, 3.05) is 13.6 Å². The molecule has 0 aliphatic rings. The fourth-order valence-corrected chi connectivity index (χ4v) is 2.28. The number of hydrogen-bond donors (Lipinski definition) is 0. The summed E-state index contributed by atoms with van der Waals surface area (Å²) in [6, 6.07) is 1.99. The van der Waals surface area contributed by atoms with Gasteiger partial charge in [0.1, 0.15) is 12.0 Å². The summed E-state index contributed by atoms with van der Waals surface area (Å²) in [7, 11) is 2.05. The van der Waals surface area contributed by atoms with Crippen LogP contribution in [0.25, 0.3) is 0 Å². The van der Waals surface area contributed by atoms with Gasteiger partial charge in [-0.1, -0.05) is 20.3 Å². The van der Waals surface area contributed by atoms with Crippen molar-refractivity contribution < 1.29 is 9.21 Å². The van der Waals surface area contributed by atoms with Crippen LogP contribution < -0.4 is 0 Å². The Balaban J connectivity index is 2.56. The molecule has 1 atom stereocenters. The molecule has 1 aromatic rings. The van der Waals surface area contributed by atoms with Gasteiger partial charge in [-0.3, -0.25) is 0 Å². The molecule has 1 aromatic heterocycles. The fourth-order valence-electron chi connectivity index (χ4n) is 2.28. The van der Waals surface area contributed by atoms with Gasteiger partial charge >= 0.3 is 0 Å². The lowest BCUT2D eigenvalue weighted by Gasteiger charge is -2.28. The summed E-state index contributed by atoms with van der Waals surface area (Å²) in [6.07, 6.45) is 4.78. The molecule has 0 aliphatic heterocycles. The number of carbonyl (C=O) groups excluding carboxylic acids is 1. The average Bonchev–Trinajstić information content (AvgIpc) is 2.64. The predicted octanol–water partition coefficient (Wildman–Crippen LogP) is 3.03. The number of aldehydes is 1. The van der Waals surface area contributed by atoms with Gasteiger partial charge in [0.15, 0.2) is 0 Å². The number of nitrogens with zero attached hydrogens (tertiary/aromatic N) is 1. The lowest BCUT2D eigenvalue weighted by atomic mass is 9.87. The molecule has 96 valence electrons. The van der Waals surface area contributed by atoms with E-state index in [4.69, 9.17) is 4.42 Å². The first-order valence-electron chi connectivity index (χ1n) is 6.18. The lowest BCUT2D eigenvalue weighted by Crippen LogP contribution is -2.34. The highest BCUT2D eigenvalue weighted by Crippen LogP contribution is 2.22. The standard InChI is InChI=1S/C14H23NO2/c1-5-7-14(3,11-16)10-15(4)9-13-6-8-17-12(13)2/h6,8,11H,5,7,9-10H2,1-4H3. The van der Waals surface area contributed by atoms with Crippen LogP contribution in [0.3, 0.4) is 0 Å². The van der Waals surface area contributed by atoms with Crippen molar-refractivity contribution in [1.29, 1.82) is 0 Å². The van der Waals surface area contributed by atoms with E-state index in [0.717, 1.165) is 38.0 Å². The summed E-state index contributed by atoms with van der Waals surface area (Å²) in [5.41, 5.74) is 0.957. The van der Waals surface area contributed by atoms with Gasteiger partial charge in [-0.25, -0.2) is 0 Å². The molecule has 1 unspecified atom stereocenters. The highest BCUT2D eigenvalue weighted by atomic mass is 16.3. The van der Waals surface area contributed by atoms with Crippen LogP contribution in [0.2, 0.25) is 0 Å². The van der Waals surface area contributed by atoms with Crippen LogP contribution in [0.4, 0.5) is 0 Å². The van der Waals surface area contributed by atoms with Crippen LogP contribution in [0.5, 0.6) is 0 Å². The molecule has 0 amide bonds. The van der Waals surface area contributed by atoms with Crippen LogP contribution in [0.15, 0.2) is 16.7 Å². The average molecular weight is 237 g/mol. The highest BCUT2D eigenvalue weighted by Gasteiger charge is 2.24. The van der Waals surface area contributed by atoms with Crippen molar-refractivity contribution in [1.82, 2.24) is 4.90 Å². The Hall–Kier alpha value is -1.09. The number of furan rings is 1. The summed E-state index contributed by atoms with van der Waals surface area (Å²) < 4.78 is 5.27. The summed E-state index contributed by atoms with van der Waals surface area (Å²) in [6.45, 7) is 7.72. The van der Waals surface area contributed by atoms with Crippen molar-refractivity contribution in [3.8, 4) is 0 Å². The molecule has 17 heavy (non-hydrogen) atoms. The maximum atomic E-state index is 11.2. The van der Waals surface area contributed by atoms with Gasteiger partial charge in [-0.05, 0) is 26.5 Å². The summed E-state index contributed by atoms with van der Waals surface area (Å²) in [5, 5.41) is 0. The Bertz CT molecular complexity index is 359. The minimum absolute atomic E-state index is 0.235. The molecular weight excluding hydrogens is 214 g/mol. The lowest BCUT2D eigenvalue weighted by molar-refractivity contribution is -0.116. The van der Waals surface area contributed by atoms with Gasteiger partial charge in [0.25, 0.3) is 0 Å². The first-order chi connectivity index (χ1) is 8.00. The molecule has 1 heterocycles. The Morgan fingerprint density at radius 2 is 2.24 bits per heavy atom. The molecule has 0 radical (unpaired) electrons. The van der Waals surface area contributed by atoms with Gasteiger partial charge in [0.2, 0.25) is 0 Å². The third-order valence-electron chi connectivity index (χ3n) is 3.14. The molecule has 0 spiro atoms. The van der Waals surface area contributed by atoms with Crippen LogP contribution in [0.1, 0.15) is 38.0 Å². The van der Waals surface area contributed by atoms with Crippen LogP contribution in [-0.4, -0.2) is 24.8 Å². The van der Waals surface area contributed by atoms with Crippen LogP contribution in [-0.2, 0) is 11.3 Å². The topological polar surface area (TPSA) is 33.5 Å². The Morgan fingerprint density at radius 1 is 1.53 bits per heavy atom. The normalized spacial score (nSPS) is 14.9. The minimum Gasteiger partial charge on any atom is -0.469 e. The van der Waals surface area contributed by atoms with Crippen molar-refractivity contribution >= 4 is 6.29 Å². The van der Waals surface area contributed by atoms with Crippen molar-refractivity contribution in [3.63, 3.8) is 0 Å². The zero-order valence-electron chi connectivity index (χ0n) is 11.3. The van der Waals surface area contributed by atoms with Gasteiger partial charge in [0.05, 0.1) is 6.26 Å². The number of hydrogen-bond acceptors (Lipinski definition) is 3. The number of aryl methyl sites for hydroxylation is 1. The molecule has 0 N–H and O–H groups in total. The molecule has 3 heteroatoms. The van der Waals surface area contributed by atoms with E-state index in [1.165, 1.54) is 5.56 Å². The van der Waals surface area contributed by atoms with E-state index < -0.39 is 0 Å². The third-order valence-corrected chi connectivity index (χ3v) is 3.14. The van der Waals surface area contributed by atoms with E-state index in [-0.39, 0.29) is 5.41 Å². The molecule has 0 saturated heterocycles. The first-order valence-corrected chi connectivity index (χ1v) is 6.18. The Labute approximate surface area is 104 Å². The van der Waals surface area contributed by atoms with E-state index in [1.807, 2.05) is 27.0 Å². The molecular formula is C14H23NO2.